The lowest BCUT2D eigenvalue weighted by atomic mass is 10.3. The third-order valence-corrected chi connectivity index (χ3v) is 0.900. The Morgan fingerprint density at radius 2 is 2.00 bits per heavy atom. The van der Waals surface area contributed by atoms with Gasteiger partial charge in [-0.1, -0.05) is 0 Å². The number of carboxylic acids is 1. The minimum atomic E-state index is -1.06. The summed E-state index contributed by atoms with van der Waals surface area (Å²) in [5.41, 5.74) is 0. The molecular formula is C7H12O4. The Bertz CT molecular complexity index is 137. The van der Waals surface area contributed by atoms with Crippen molar-refractivity contribution in [2.75, 3.05) is 6.61 Å². The SMILES string of the molecule is CC(=O)CC(=O)O.CC1CO1. The van der Waals surface area contributed by atoms with Gasteiger partial charge in [0, 0.05) is 0 Å². The smallest absolute Gasteiger partial charge is 0.310 e. The average molecular weight is 160 g/mol. The molecule has 0 aromatic rings. The fraction of sp³-hybridized carbons (Fsp3) is 0.714. The molecule has 0 aliphatic carbocycles. The van der Waals surface area contributed by atoms with Crippen molar-refractivity contribution in [3.8, 4) is 0 Å². The molecule has 11 heavy (non-hydrogen) atoms. The van der Waals surface area contributed by atoms with Crippen LogP contribution in [0.1, 0.15) is 20.3 Å². The number of ether oxygens (including phenoxy) is 1. The molecule has 1 aliphatic heterocycles. The molecule has 4 nitrogen and oxygen atoms in total. The molecule has 1 N–H and O–H groups in total. The lowest BCUT2D eigenvalue weighted by Gasteiger charge is -1.80. The van der Waals surface area contributed by atoms with Gasteiger partial charge in [-0.3, -0.25) is 9.59 Å². The van der Waals surface area contributed by atoms with Crippen LogP contribution in [-0.2, 0) is 14.3 Å². The first-order valence-corrected chi connectivity index (χ1v) is 3.35. The number of carbonyl (C=O) groups excluding carboxylic acids is 1. The summed E-state index contributed by atoms with van der Waals surface area (Å²) in [4.78, 5) is 19.5. The molecule has 1 rings (SSSR count). The zero-order valence-corrected chi connectivity index (χ0v) is 6.66. The summed E-state index contributed by atoms with van der Waals surface area (Å²) in [7, 11) is 0. The van der Waals surface area contributed by atoms with E-state index in [1.54, 1.807) is 0 Å². The molecule has 0 aromatic heterocycles. The maximum atomic E-state index is 9.87. The summed E-state index contributed by atoms with van der Waals surface area (Å²) in [6.07, 6.45) is 0.222. The quantitative estimate of drug-likeness (QED) is 0.470. The first kappa shape index (κ1) is 10.1. The van der Waals surface area contributed by atoms with Crippen LogP contribution >= 0.6 is 0 Å². The molecule has 0 saturated carbocycles. The second-order valence-corrected chi connectivity index (χ2v) is 2.42. The number of hydrogen-bond acceptors (Lipinski definition) is 3. The van der Waals surface area contributed by atoms with E-state index in [9.17, 15) is 9.59 Å². The number of Topliss-reactive ketones (excluding diaryl/α,β-unsaturated/α-hetero) is 1. The van der Waals surface area contributed by atoms with E-state index in [0.717, 1.165) is 6.61 Å². The van der Waals surface area contributed by atoms with Crippen LogP contribution in [0.25, 0.3) is 0 Å². The molecule has 0 amide bonds. The molecule has 64 valence electrons. The lowest BCUT2D eigenvalue weighted by Crippen LogP contribution is -2.00. The summed E-state index contributed by atoms with van der Waals surface area (Å²) in [5, 5.41) is 7.86. The summed E-state index contributed by atoms with van der Waals surface area (Å²) < 4.78 is 4.71. The molecule has 0 radical (unpaired) electrons. The summed E-state index contributed by atoms with van der Waals surface area (Å²) in [6.45, 7) is 4.29. The van der Waals surface area contributed by atoms with Gasteiger partial charge >= 0.3 is 5.97 Å². The van der Waals surface area contributed by atoms with Gasteiger partial charge in [0.25, 0.3) is 0 Å². The third-order valence-electron chi connectivity index (χ3n) is 0.900. The molecule has 0 spiro atoms. The Balaban J connectivity index is 0.000000207. The van der Waals surface area contributed by atoms with Gasteiger partial charge in [0.1, 0.15) is 12.2 Å². The molecular weight excluding hydrogens is 148 g/mol. The van der Waals surface area contributed by atoms with Crippen LogP contribution in [0.5, 0.6) is 0 Å². The minimum Gasteiger partial charge on any atom is -0.481 e. The van der Waals surface area contributed by atoms with Crippen molar-refractivity contribution in [3.63, 3.8) is 0 Å². The van der Waals surface area contributed by atoms with Gasteiger partial charge in [0.15, 0.2) is 0 Å². The fourth-order valence-corrected chi connectivity index (χ4v) is 0.309. The van der Waals surface area contributed by atoms with E-state index in [2.05, 4.69) is 6.92 Å². The second kappa shape index (κ2) is 4.85. The topological polar surface area (TPSA) is 66.9 Å². The predicted molar refractivity (Wildman–Crippen MR) is 38.3 cm³/mol. The molecule has 1 heterocycles. The number of epoxide rings is 1. The molecule has 1 saturated heterocycles. The Kier molecular flexibility index (Phi) is 4.45. The predicted octanol–water partition coefficient (Wildman–Crippen LogP) is 0.455. The van der Waals surface area contributed by atoms with Crippen molar-refractivity contribution in [1.29, 1.82) is 0 Å². The van der Waals surface area contributed by atoms with Gasteiger partial charge in [0.05, 0.1) is 12.7 Å². The van der Waals surface area contributed by atoms with Crippen LogP contribution in [0.15, 0.2) is 0 Å². The van der Waals surface area contributed by atoms with E-state index in [0.29, 0.717) is 6.10 Å². The summed E-state index contributed by atoms with van der Waals surface area (Å²) in [5.74, 6) is -1.37. The number of hydrogen-bond donors (Lipinski definition) is 1. The monoisotopic (exact) mass is 160 g/mol. The van der Waals surface area contributed by atoms with Crippen LogP contribution in [0.3, 0.4) is 0 Å². The second-order valence-electron chi connectivity index (χ2n) is 2.42. The van der Waals surface area contributed by atoms with Crippen LogP contribution in [0, 0.1) is 0 Å². The molecule has 0 bridgehead atoms. The van der Waals surface area contributed by atoms with Crippen LogP contribution < -0.4 is 0 Å². The number of rotatable bonds is 2. The molecule has 4 heteroatoms. The van der Waals surface area contributed by atoms with Gasteiger partial charge in [0.2, 0.25) is 0 Å². The highest BCUT2D eigenvalue weighted by Crippen LogP contribution is 2.04. The Morgan fingerprint density at radius 3 is 2.00 bits per heavy atom. The number of aliphatic carboxylic acids is 1. The summed E-state index contributed by atoms with van der Waals surface area (Å²) in [6, 6.07) is 0. The largest absolute Gasteiger partial charge is 0.481 e. The van der Waals surface area contributed by atoms with Crippen molar-refractivity contribution in [2.45, 2.75) is 26.4 Å². The van der Waals surface area contributed by atoms with Gasteiger partial charge in [-0.25, -0.2) is 0 Å². The normalized spacial score (nSPS) is 19.6. The van der Waals surface area contributed by atoms with Crippen LogP contribution in [0.4, 0.5) is 0 Å². The zero-order chi connectivity index (χ0) is 8.85. The number of carbonyl (C=O) groups is 2. The van der Waals surface area contributed by atoms with E-state index < -0.39 is 5.97 Å². The molecule has 1 unspecified atom stereocenters. The van der Waals surface area contributed by atoms with E-state index in [1.807, 2.05) is 0 Å². The zero-order valence-electron chi connectivity index (χ0n) is 6.66. The summed E-state index contributed by atoms with van der Waals surface area (Å²) >= 11 is 0. The Hall–Kier alpha value is -0.900. The van der Waals surface area contributed by atoms with E-state index in [1.165, 1.54) is 6.92 Å². The Labute approximate surface area is 65.2 Å². The lowest BCUT2D eigenvalue weighted by molar-refractivity contribution is -0.139. The van der Waals surface area contributed by atoms with Gasteiger partial charge in [-0.2, -0.15) is 0 Å². The molecule has 1 fully saturated rings. The standard InChI is InChI=1S/C4H6O3.C3H6O/c1-3(5)2-4(6)7;1-3-2-4-3/h2H2,1H3,(H,6,7);3H,2H2,1H3. The highest BCUT2D eigenvalue weighted by atomic mass is 16.6. The van der Waals surface area contributed by atoms with E-state index >= 15 is 0 Å². The van der Waals surface area contributed by atoms with Crippen molar-refractivity contribution in [1.82, 2.24) is 0 Å². The fourth-order valence-electron chi connectivity index (χ4n) is 0.309. The van der Waals surface area contributed by atoms with Crippen molar-refractivity contribution >= 4 is 11.8 Å². The van der Waals surface area contributed by atoms with Crippen LogP contribution in [-0.4, -0.2) is 29.6 Å². The van der Waals surface area contributed by atoms with Gasteiger partial charge in [-0.15, -0.1) is 0 Å². The van der Waals surface area contributed by atoms with E-state index in [-0.39, 0.29) is 12.2 Å². The number of carboxylic acid groups (broad SMARTS) is 1. The minimum absolute atomic E-state index is 0.312. The first-order chi connectivity index (χ1) is 5.02. The van der Waals surface area contributed by atoms with Gasteiger partial charge < -0.3 is 9.84 Å². The molecule has 0 aromatic carbocycles. The van der Waals surface area contributed by atoms with Crippen molar-refractivity contribution in [2.24, 2.45) is 0 Å². The number of ketones is 1. The van der Waals surface area contributed by atoms with E-state index in [4.69, 9.17) is 9.84 Å². The van der Waals surface area contributed by atoms with Gasteiger partial charge in [-0.05, 0) is 13.8 Å². The average Bonchev–Trinajstić information content (AvgIpc) is 2.47. The molecule has 1 aliphatic rings. The maximum Gasteiger partial charge on any atom is 0.310 e. The Morgan fingerprint density at radius 1 is 1.64 bits per heavy atom. The van der Waals surface area contributed by atoms with Crippen molar-refractivity contribution in [3.05, 3.63) is 0 Å². The highest BCUT2D eigenvalue weighted by Gasteiger charge is 2.13. The molecule has 1 atom stereocenters. The van der Waals surface area contributed by atoms with Crippen molar-refractivity contribution < 1.29 is 19.4 Å². The first-order valence-electron chi connectivity index (χ1n) is 3.35. The maximum absolute atomic E-state index is 9.87. The van der Waals surface area contributed by atoms with Crippen LogP contribution in [0.2, 0.25) is 0 Å². The third kappa shape index (κ3) is 12.3. The highest BCUT2D eigenvalue weighted by molar-refractivity contribution is 5.93.